The number of hydrogen-bond donors (Lipinski definition) is 8. The quantitative estimate of drug-likeness (QED) is 0.191. The van der Waals surface area contributed by atoms with E-state index in [9.17, 15) is 19.2 Å². The molecule has 148 valence electrons. The second-order valence-corrected chi connectivity index (χ2v) is 4.70. The van der Waals surface area contributed by atoms with Crippen LogP contribution in [0, 0.1) is 0 Å². The molecule has 0 rings (SSSR count). The molecule has 0 radical (unpaired) electrons. The molecule has 2 atom stereocenters. The van der Waals surface area contributed by atoms with Crippen LogP contribution >= 0.6 is 0 Å². The first kappa shape index (κ1) is 27.6. The third-order valence-corrected chi connectivity index (χ3v) is 2.36. The summed E-state index contributed by atoms with van der Waals surface area (Å²) in [4.78, 5) is 39.3. The zero-order valence-corrected chi connectivity index (χ0v) is 13.8. The maximum absolute atomic E-state index is 10.1. The molecule has 0 bridgehead atoms. The molecule has 0 fully saturated rings. The maximum Gasteiger partial charge on any atom is 0.321 e. The van der Waals surface area contributed by atoms with E-state index >= 15 is 0 Å². The SMILES string of the molecule is NCCC(=O)O.NCCCCC(N)C(=O)O.N[C@@H](CC(=O)O)C(=O)O. The van der Waals surface area contributed by atoms with Crippen LogP contribution in [0.2, 0.25) is 0 Å². The van der Waals surface area contributed by atoms with Crippen LogP contribution in [-0.4, -0.2) is 69.5 Å². The Bertz CT molecular complexity index is 405. The molecule has 0 aromatic carbocycles. The van der Waals surface area contributed by atoms with Crippen LogP contribution in [0.15, 0.2) is 0 Å². The minimum Gasteiger partial charge on any atom is -0.481 e. The molecule has 1 unspecified atom stereocenters. The molecule has 0 aliphatic carbocycles. The molecule has 0 aliphatic rings. The van der Waals surface area contributed by atoms with Gasteiger partial charge in [0.2, 0.25) is 0 Å². The summed E-state index contributed by atoms with van der Waals surface area (Å²) < 4.78 is 0. The van der Waals surface area contributed by atoms with Crippen molar-refractivity contribution in [1.29, 1.82) is 0 Å². The second kappa shape index (κ2) is 18.1. The van der Waals surface area contributed by atoms with Crippen molar-refractivity contribution in [3.05, 3.63) is 0 Å². The van der Waals surface area contributed by atoms with E-state index in [1.54, 1.807) is 0 Å². The topological polar surface area (TPSA) is 253 Å². The smallest absolute Gasteiger partial charge is 0.321 e. The molecule has 12 nitrogen and oxygen atoms in total. The summed E-state index contributed by atoms with van der Waals surface area (Å²) in [5.74, 6) is -4.27. The van der Waals surface area contributed by atoms with Gasteiger partial charge in [0, 0.05) is 6.54 Å². The molecule has 0 aliphatic heterocycles. The van der Waals surface area contributed by atoms with Crippen LogP contribution in [0.4, 0.5) is 0 Å². The number of hydrogen-bond acceptors (Lipinski definition) is 8. The summed E-state index contributed by atoms with van der Waals surface area (Å²) in [6.07, 6.45) is 1.70. The molecule has 25 heavy (non-hydrogen) atoms. The first-order valence-electron chi connectivity index (χ1n) is 7.30. The first-order chi connectivity index (χ1) is 11.5. The predicted molar refractivity (Wildman–Crippen MR) is 87.7 cm³/mol. The van der Waals surface area contributed by atoms with Gasteiger partial charge < -0.3 is 43.4 Å². The second-order valence-electron chi connectivity index (χ2n) is 4.70. The predicted octanol–water partition coefficient (Wildman–Crippen LogP) is -2.18. The van der Waals surface area contributed by atoms with Crippen LogP contribution in [0.5, 0.6) is 0 Å². The van der Waals surface area contributed by atoms with Crippen molar-refractivity contribution < 1.29 is 39.6 Å². The molecule has 0 saturated heterocycles. The molecule has 0 amide bonds. The van der Waals surface area contributed by atoms with Crippen molar-refractivity contribution in [2.75, 3.05) is 13.1 Å². The summed E-state index contributed by atoms with van der Waals surface area (Å²) >= 11 is 0. The van der Waals surface area contributed by atoms with Gasteiger partial charge in [0.25, 0.3) is 0 Å². The highest BCUT2D eigenvalue weighted by Crippen LogP contribution is 1.96. The third-order valence-electron chi connectivity index (χ3n) is 2.36. The third kappa shape index (κ3) is 26.9. The fraction of sp³-hybridized carbons (Fsp3) is 0.692. The van der Waals surface area contributed by atoms with Gasteiger partial charge in [-0.15, -0.1) is 0 Å². The fourth-order valence-corrected chi connectivity index (χ4v) is 1.03. The molecular formula is C13H28N4O8. The highest BCUT2D eigenvalue weighted by molar-refractivity contribution is 5.80. The average molecular weight is 368 g/mol. The van der Waals surface area contributed by atoms with E-state index < -0.39 is 42.4 Å². The van der Waals surface area contributed by atoms with Gasteiger partial charge in [-0.3, -0.25) is 19.2 Å². The zero-order valence-electron chi connectivity index (χ0n) is 13.8. The number of carboxylic acid groups (broad SMARTS) is 4. The van der Waals surface area contributed by atoms with E-state index in [1.807, 2.05) is 0 Å². The molecule has 12 heteroatoms. The Kier molecular flexibility index (Phi) is 19.9. The van der Waals surface area contributed by atoms with Crippen molar-refractivity contribution in [1.82, 2.24) is 0 Å². The average Bonchev–Trinajstić information content (AvgIpc) is 2.47. The normalized spacial score (nSPS) is 11.7. The van der Waals surface area contributed by atoms with E-state index in [-0.39, 0.29) is 13.0 Å². The lowest BCUT2D eigenvalue weighted by Gasteiger charge is -2.03. The van der Waals surface area contributed by atoms with E-state index in [1.165, 1.54) is 0 Å². The van der Waals surface area contributed by atoms with Gasteiger partial charge in [-0.1, -0.05) is 6.42 Å². The van der Waals surface area contributed by atoms with E-state index in [2.05, 4.69) is 0 Å². The van der Waals surface area contributed by atoms with Crippen molar-refractivity contribution in [2.45, 2.75) is 44.2 Å². The number of rotatable bonds is 10. The summed E-state index contributed by atoms with van der Waals surface area (Å²) in [6.45, 7) is 0.835. The van der Waals surface area contributed by atoms with Crippen LogP contribution in [0.25, 0.3) is 0 Å². The molecule has 0 spiro atoms. The molecule has 0 aromatic heterocycles. The summed E-state index contributed by atoms with van der Waals surface area (Å²) in [5.41, 5.74) is 20.1. The fourth-order valence-electron chi connectivity index (χ4n) is 1.03. The van der Waals surface area contributed by atoms with Crippen molar-refractivity contribution in [2.24, 2.45) is 22.9 Å². The Morgan fingerprint density at radius 3 is 1.40 bits per heavy atom. The van der Waals surface area contributed by atoms with Gasteiger partial charge >= 0.3 is 23.9 Å². The zero-order chi connectivity index (χ0) is 20.4. The summed E-state index contributed by atoms with van der Waals surface area (Å²) in [7, 11) is 0. The number of aliphatic carboxylic acids is 4. The number of nitrogens with two attached hydrogens (primary N) is 4. The van der Waals surface area contributed by atoms with Crippen molar-refractivity contribution in [3.63, 3.8) is 0 Å². The van der Waals surface area contributed by atoms with Crippen LogP contribution in [0.1, 0.15) is 32.1 Å². The van der Waals surface area contributed by atoms with Gasteiger partial charge in [0.15, 0.2) is 0 Å². The highest BCUT2D eigenvalue weighted by atomic mass is 16.4. The largest absolute Gasteiger partial charge is 0.481 e. The van der Waals surface area contributed by atoms with Gasteiger partial charge in [0.1, 0.15) is 12.1 Å². The minimum absolute atomic E-state index is 0.0694. The van der Waals surface area contributed by atoms with Crippen LogP contribution < -0.4 is 22.9 Å². The molecule has 12 N–H and O–H groups in total. The van der Waals surface area contributed by atoms with E-state index in [0.29, 0.717) is 13.0 Å². The van der Waals surface area contributed by atoms with Gasteiger partial charge in [0.05, 0.1) is 12.8 Å². The van der Waals surface area contributed by atoms with Crippen molar-refractivity contribution >= 4 is 23.9 Å². The van der Waals surface area contributed by atoms with Crippen LogP contribution in [-0.2, 0) is 19.2 Å². The number of carbonyl (C=O) groups is 4. The highest BCUT2D eigenvalue weighted by Gasteiger charge is 2.14. The Morgan fingerprint density at radius 1 is 0.720 bits per heavy atom. The van der Waals surface area contributed by atoms with Crippen LogP contribution in [0.3, 0.4) is 0 Å². The molecule has 0 heterocycles. The lowest BCUT2D eigenvalue weighted by Crippen LogP contribution is -2.32. The van der Waals surface area contributed by atoms with Crippen molar-refractivity contribution in [3.8, 4) is 0 Å². The van der Waals surface area contributed by atoms with E-state index in [0.717, 1.165) is 12.8 Å². The summed E-state index contributed by atoms with van der Waals surface area (Å²) in [6, 6.07) is -2.01. The lowest BCUT2D eigenvalue weighted by molar-refractivity contribution is -0.144. The van der Waals surface area contributed by atoms with E-state index in [4.69, 9.17) is 43.4 Å². The van der Waals surface area contributed by atoms with Gasteiger partial charge in [-0.25, -0.2) is 0 Å². The number of carboxylic acids is 4. The Balaban J connectivity index is -0.000000300. The summed E-state index contributed by atoms with van der Waals surface area (Å²) in [5, 5.41) is 32.2. The minimum atomic E-state index is -1.29. The standard InChI is InChI=1S/C6H14N2O2.C4H7NO4.C3H7NO2/c7-4-2-1-3-5(8)6(9)10;5-2(4(8)9)1-3(6)7;4-2-1-3(5)6/h5H,1-4,7-8H2,(H,9,10);2H,1,5H2,(H,6,7)(H,8,9);1-2,4H2,(H,5,6)/t;2-;/m.0./s1. The Labute approximate surface area is 144 Å². The Morgan fingerprint density at radius 2 is 1.20 bits per heavy atom. The molecular weight excluding hydrogens is 340 g/mol. The number of unbranched alkanes of at least 4 members (excludes halogenated alkanes) is 1. The maximum atomic E-state index is 10.1. The Hall–Kier alpha value is -2.28. The van der Waals surface area contributed by atoms with Gasteiger partial charge in [-0.2, -0.15) is 0 Å². The van der Waals surface area contributed by atoms with Gasteiger partial charge in [-0.05, 0) is 19.4 Å². The molecule has 0 aromatic rings. The lowest BCUT2D eigenvalue weighted by atomic mass is 10.1. The molecule has 0 saturated carbocycles. The monoisotopic (exact) mass is 368 g/mol. The first-order valence-corrected chi connectivity index (χ1v) is 7.30.